The Balaban J connectivity index is 1.52. The number of anilines is 1. The molecule has 1 aromatic heterocycles. The average Bonchev–Trinajstić information content (AvgIpc) is 2.74. The number of nitrogens with one attached hydrogen (secondary N) is 1. The molecule has 27 heavy (non-hydrogen) atoms. The highest BCUT2D eigenvalue weighted by Gasteiger charge is 2.26. The van der Waals surface area contributed by atoms with Crippen molar-refractivity contribution in [3.8, 4) is 5.75 Å². The highest BCUT2D eigenvalue weighted by molar-refractivity contribution is 6.35. The molecule has 8 heteroatoms. The minimum Gasteiger partial charge on any atom is -0.495 e. The summed E-state index contributed by atoms with van der Waals surface area (Å²) in [6.07, 6.45) is 4.71. The molecule has 0 bridgehead atoms. The molecule has 0 unspecified atom stereocenters. The van der Waals surface area contributed by atoms with Crippen LogP contribution < -0.4 is 15.1 Å². The van der Waals surface area contributed by atoms with Crippen LogP contribution in [0.3, 0.4) is 0 Å². The smallest absolute Gasteiger partial charge is 0.329 e. The fourth-order valence-corrected chi connectivity index (χ4v) is 2.85. The number of amides is 2. The van der Waals surface area contributed by atoms with Crippen molar-refractivity contribution in [3.63, 3.8) is 0 Å². The van der Waals surface area contributed by atoms with Crippen molar-refractivity contribution >= 4 is 23.7 Å². The number of benzene rings is 1. The van der Waals surface area contributed by atoms with E-state index < -0.39 is 11.8 Å². The molecule has 0 aliphatic carbocycles. The number of hydrazone groups is 1. The molecule has 1 aliphatic rings. The first-order chi connectivity index (χ1) is 13.2. The summed E-state index contributed by atoms with van der Waals surface area (Å²) in [5.41, 5.74) is 4.04. The SMILES string of the molecule is COc1ccccc1N1CCN(C(=O)C(=O)N/N=C\c2ccncc2)CC1. The minimum absolute atomic E-state index is 0.457. The first-order valence-corrected chi connectivity index (χ1v) is 8.59. The summed E-state index contributed by atoms with van der Waals surface area (Å²) in [7, 11) is 1.63. The van der Waals surface area contributed by atoms with Crippen molar-refractivity contribution in [1.29, 1.82) is 0 Å². The first-order valence-electron chi connectivity index (χ1n) is 8.59. The van der Waals surface area contributed by atoms with Gasteiger partial charge in [-0.1, -0.05) is 12.1 Å². The predicted octanol–water partition coefficient (Wildman–Crippen LogP) is 0.889. The van der Waals surface area contributed by atoms with E-state index >= 15 is 0 Å². The Bertz CT molecular complexity index is 817. The zero-order chi connectivity index (χ0) is 19.1. The highest BCUT2D eigenvalue weighted by Crippen LogP contribution is 2.28. The van der Waals surface area contributed by atoms with Gasteiger partial charge in [0, 0.05) is 38.6 Å². The second-order valence-electron chi connectivity index (χ2n) is 5.93. The van der Waals surface area contributed by atoms with Crippen LogP contribution in [-0.2, 0) is 9.59 Å². The summed E-state index contributed by atoms with van der Waals surface area (Å²) in [5, 5.41) is 3.82. The van der Waals surface area contributed by atoms with Gasteiger partial charge in [0.15, 0.2) is 0 Å². The molecule has 140 valence electrons. The van der Waals surface area contributed by atoms with E-state index in [1.165, 1.54) is 11.1 Å². The quantitative estimate of drug-likeness (QED) is 0.493. The van der Waals surface area contributed by atoms with Crippen molar-refractivity contribution in [3.05, 3.63) is 54.4 Å². The van der Waals surface area contributed by atoms with Gasteiger partial charge in [0.25, 0.3) is 0 Å². The molecule has 2 amide bonds. The molecule has 0 radical (unpaired) electrons. The van der Waals surface area contributed by atoms with Crippen LogP contribution in [0.1, 0.15) is 5.56 Å². The highest BCUT2D eigenvalue weighted by atomic mass is 16.5. The number of para-hydroxylation sites is 2. The summed E-state index contributed by atoms with van der Waals surface area (Å²) >= 11 is 0. The summed E-state index contributed by atoms with van der Waals surface area (Å²) in [6.45, 7) is 2.16. The molecule has 2 heterocycles. The molecule has 0 atom stereocenters. The number of methoxy groups -OCH3 is 1. The second-order valence-corrected chi connectivity index (χ2v) is 5.93. The third-order valence-corrected chi connectivity index (χ3v) is 4.27. The lowest BCUT2D eigenvalue weighted by atomic mass is 10.2. The van der Waals surface area contributed by atoms with Gasteiger partial charge < -0.3 is 14.5 Å². The van der Waals surface area contributed by atoms with Crippen LogP contribution >= 0.6 is 0 Å². The first kappa shape index (κ1) is 18.4. The number of hydrogen-bond donors (Lipinski definition) is 1. The molecule has 1 saturated heterocycles. The molecule has 0 saturated carbocycles. The van der Waals surface area contributed by atoms with Crippen LogP contribution in [0.15, 0.2) is 53.9 Å². The summed E-state index contributed by atoms with van der Waals surface area (Å²) in [6, 6.07) is 11.2. The molecule has 1 N–H and O–H groups in total. The molecular weight excluding hydrogens is 346 g/mol. The topological polar surface area (TPSA) is 87.1 Å². The van der Waals surface area contributed by atoms with Crippen LogP contribution in [-0.4, -0.2) is 61.2 Å². The summed E-state index contributed by atoms with van der Waals surface area (Å²) in [5.74, 6) is -0.534. The molecule has 1 aromatic carbocycles. The number of aromatic nitrogens is 1. The van der Waals surface area contributed by atoms with Crippen molar-refractivity contribution in [2.45, 2.75) is 0 Å². The lowest BCUT2D eigenvalue weighted by Crippen LogP contribution is -2.52. The fourth-order valence-electron chi connectivity index (χ4n) is 2.85. The normalized spacial score (nSPS) is 14.3. The minimum atomic E-state index is -0.744. The number of rotatable bonds is 4. The van der Waals surface area contributed by atoms with Gasteiger partial charge in [-0.05, 0) is 29.8 Å². The van der Waals surface area contributed by atoms with Crippen LogP contribution in [0, 0.1) is 0 Å². The number of hydrogen-bond acceptors (Lipinski definition) is 6. The monoisotopic (exact) mass is 367 g/mol. The Labute approximate surface area is 157 Å². The zero-order valence-corrected chi connectivity index (χ0v) is 15.0. The maximum Gasteiger partial charge on any atom is 0.329 e. The van der Waals surface area contributed by atoms with E-state index in [9.17, 15) is 9.59 Å². The maximum atomic E-state index is 12.3. The molecule has 2 aromatic rings. The van der Waals surface area contributed by atoms with E-state index in [4.69, 9.17) is 4.74 Å². The third-order valence-electron chi connectivity index (χ3n) is 4.27. The van der Waals surface area contributed by atoms with Gasteiger partial charge in [-0.25, -0.2) is 5.43 Å². The molecule has 3 rings (SSSR count). The fraction of sp³-hybridized carbons (Fsp3) is 0.263. The van der Waals surface area contributed by atoms with Gasteiger partial charge >= 0.3 is 11.8 Å². The summed E-state index contributed by atoms with van der Waals surface area (Å²) in [4.78, 5) is 31.9. The Morgan fingerprint density at radius 3 is 2.52 bits per heavy atom. The van der Waals surface area contributed by atoms with Gasteiger partial charge in [0.1, 0.15) is 5.75 Å². The van der Waals surface area contributed by atoms with E-state index in [0.717, 1.165) is 17.0 Å². The zero-order valence-electron chi connectivity index (χ0n) is 15.0. The Morgan fingerprint density at radius 1 is 1.11 bits per heavy atom. The van der Waals surface area contributed by atoms with Crippen LogP contribution in [0.2, 0.25) is 0 Å². The molecule has 0 spiro atoms. The molecular formula is C19H21N5O3. The van der Waals surface area contributed by atoms with E-state index in [2.05, 4.69) is 20.4 Å². The lowest BCUT2D eigenvalue weighted by molar-refractivity contribution is -0.146. The van der Waals surface area contributed by atoms with E-state index in [0.29, 0.717) is 26.2 Å². The number of nitrogens with zero attached hydrogens (tertiary/aromatic N) is 4. The maximum absolute atomic E-state index is 12.3. The Kier molecular flexibility index (Phi) is 5.98. The van der Waals surface area contributed by atoms with E-state index in [-0.39, 0.29) is 0 Å². The van der Waals surface area contributed by atoms with Crippen molar-refractivity contribution in [1.82, 2.24) is 15.3 Å². The number of piperazine rings is 1. The molecule has 1 fully saturated rings. The van der Waals surface area contributed by atoms with Crippen LogP contribution in [0.4, 0.5) is 5.69 Å². The number of carbonyl (C=O) groups excluding carboxylic acids is 2. The molecule has 8 nitrogen and oxygen atoms in total. The van der Waals surface area contributed by atoms with Gasteiger partial charge in [0.2, 0.25) is 0 Å². The van der Waals surface area contributed by atoms with E-state index in [1.54, 1.807) is 31.6 Å². The van der Waals surface area contributed by atoms with Crippen LogP contribution in [0.25, 0.3) is 0 Å². The van der Waals surface area contributed by atoms with Crippen LogP contribution in [0.5, 0.6) is 5.75 Å². The number of pyridine rings is 1. The average molecular weight is 367 g/mol. The number of ether oxygens (including phenoxy) is 1. The second kappa shape index (κ2) is 8.79. The van der Waals surface area contributed by atoms with Crippen molar-refractivity contribution in [2.75, 3.05) is 38.2 Å². The Hall–Kier alpha value is -3.42. The standard InChI is InChI=1S/C19H21N5O3/c1-27-17-5-3-2-4-16(17)23-10-12-24(13-11-23)19(26)18(25)22-21-14-15-6-8-20-9-7-15/h2-9,14H,10-13H2,1H3,(H,22,25)/b21-14-. The van der Waals surface area contributed by atoms with Crippen molar-refractivity contribution in [2.24, 2.45) is 5.10 Å². The predicted molar refractivity (Wildman–Crippen MR) is 102 cm³/mol. The van der Waals surface area contributed by atoms with E-state index in [1.807, 2.05) is 24.3 Å². The summed E-state index contributed by atoms with van der Waals surface area (Å²) < 4.78 is 5.39. The molecule has 1 aliphatic heterocycles. The van der Waals surface area contributed by atoms with Gasteiger partial charge in [0.05, 0.1) is 19.0 Å². The largest absolute Gasteiger partial charge is 0.495 e. The van der Waals surface area contributed by atoms with Gasteiger partial charge in [-0.2, -0.15) is 5.10 Å². The Morgan fingerprint density at radius 2 is 1.81 bits per heavy atom. The van der Waals surface area contributed by atoms with Gasteiger partial charge in [-0.3, -0.25) is 14.6 Å². The number of carbonyl (C=O) groups is 2. The van der Waals surface area contributed by atoms with Crippen molar-refractivity contribution < 1.29 is 14.3 Å². The third kappa shape index (κ3) is 4.60. The lowest BCUT2D eigenvalue weighted by Gasteiger charge is -2.36. The van der Waals surface area contributed by atoms with Gasteiger partial charge in [-0.15, -0.1) is 0 Å².